The van der Waals surface area contributed by atoms with Crippen LogP contribution in [0.5, 0.6) is 0 Å². The predicted molar refractivity (Wildman–Crippen MR) is 71.3 cm³/mol. The average molecular weight is 376 g/mol. The fraction of sp³-hybridized carbons (Fsp3) is 0.500. The molecule has 1 N–H and O–H groups in total. The highest BCUT2D eigenvalue weighted by Crippen LogP contribution is 2.10. The molecule has 0 aliphatic carbocycles. The minimum atomic E-state index is 0. The topological polar surface area (TPSA) is 38.3 Å². The van der Waals surface area contributed by atoms with Gasteiger partial charge in [0.15, 0.2) is 0 Å². The molecule has 106 valence electrons. The Kier molecular flexibility index (Phi) is 6.74. The van der Waals surface area contributed by atoms with Crippen LogP contribution >= 0.6 is 0 Å². The molecule has 0 spiro atoms. The highest BCUT2D eigenvalue weighted by molar-refractivity contribution is 5.90. The van der Waals surface area contributed by atoms with Gasteiger partial charge in [-0.3, -0.25) is 4.79 Å². The number of nitrogens with one attached hydrogen (secondary N) is 1. The van der Waals surface area contributed by atoms with Crippen LogP contribution in [0.25, 0.3) is 0 Å². The predicted octanol–water partition coefficient (Wildman–Crippen LogP) is -1.50. The molecule has 0 radical (unpaired) electrons. The van der Waals surface area contributed by atoms with E-state index < -0.39 is 0 Å². The summed E-state index contributed by atoms with van der Waals surface area (Å²) in [7, 11) is 2.19. The van der Waals surface area contributed by atoms with Crippen LogP contribution in [-0.4, -0.2) is 50.3 Å². The van der Waals surface area contributed by atoms with Crippen molar-refractivity contribution >= 4 is 11.6 Å². The third kappa shape index (κ3) is 5.46. The van der Waals surface area contributed by atoms with E-state index in [1.54, 1.807) is 0 Å². The first-order valence-corrected chi connectivity index (χ1v) is 6.44. The highest BCUT2D eigenvalue weighted by Gasteiger charge is 2.25. The SMILES string of the molecule is C[N+]1(CCC(=O)Nc2ccccc2)CCOCC1.[I-]. The largest absolute Gasteiger partial charge is 1.00 e. The Hall–Kier alpha value is -0.660. The Balaban J connectivity index is 0.00000180. The smallest absolute Gasteiger partial charge is 0.230 e. The number of nitrogens with zero attached hydrogens (tertiary/aromatic N) is 1. The van der Waals surface area contributed by atoms with Crippen molar-refractivity contribution < 1.29 is 38.0 Å². The second kappa shape index (κ2) is 7.81. The Morgan fingerprint density at radius 1 is 1.26 bits per heavy atom. The summed E-state index contributed by atoms with van der Waals surface area (Å²) in [4.78, 5) is 11.8. The minimum absolute atomic E-state index is 0. The van der Waals surface area contributed by atoms with Gasteiger partial charge < -0.3 is 38.5 Å². The van der Waals surface area contributed by atoms with E-state index in [9.17, 15) is 4.79 Å². The summed E-state index contributed by atoms with van der Waals surface area (Å²) in [5.74, 6) is 0.0899. The van der Waals surface area contributed by atoms with Gasteiger partial charge in [0.1, 0.15) is 13.1 Å². The number of hydrogen-bond donors (Lipinski definition) is 1. The Morgan fingerprint density at radius 2 is 1.89 bits per heavy atom. The van der Waals surface area contributed by atoms with Crippen molar-refractivity contribution in [1.82, 2.24) is 0 Å². The molecule has 2 rings (SSSR count). The van der Waals surface area contributed by atoms with Crippen LogP contribution in [0.4, 0.5) is 5.69 Å². The molecule has 0 aromatic heterocycles. The van der Waals surface area contributed by atoms with E-state index in [1.165, 1.54) is 0 Å². The first-order valence-electron chi connectivity index (χ1n) is 6.44. The number of amides is 1. The number of likely N-dealkylation sites (N-methyl/N-ethyl adjacent to an activating group) is 1. The van der Waals surface area contributed by atoms with Crippen LogP contribution in [0.15, 0.2) is 30.3 Å². The molecular weight excluding hydrogens is 355 g/mol. The first-order chi connectivity index (χ1) is 8.68. The zero-order valence-electron chi connectivity index (χ0n) is 11.3. The zero-order valence-corrected chi connectivity index (χ0v) is 13.4. The third-order valence-corrected chi connectivity index (χ3v) is 3.49. The Bertz CT molecular complexity index is 392. The minimum Gasteiger partial charge on any atom is -1.00 e. The molecule has 1 aromatic carbocycles. The van der Waals surface area contributed by atoms with Gasteiger partial charge in [-0.2, -0.15) is 0 Å². The molecular formula is C14H21IN2O2. The summed E-state index contributed by atoms with van der Waals surface area (Å²) in [5.41, 5.74) is 0.868. The van der Waals surface area contributed by atoms with Crippen molar-refractivity contribution in [2.45, 2.75) is 6.42 Å². The molecule has 0 bridgehead atoms. The highest BCUT2D eigenvalue weighted by atomic mass is 127. The lowest BCUT2D eigenvalue weighted by atomic mass is 10.2. The number of quaternary nitrogens is 1. The van der Waals surface area contributed by atoms with E-state index in [0.29, 0.717) is 6.42 Å². The maximum atomic E-state index is 11.8. The van der Waals surface area contributed by atoms with E-state index in [0.717, 1.165) is 43.0 Å². The lowest BCUT2D eigenvalue weighted by Gasteiger charge is -2.37. The van der Waals surface area contributed by atoms with Gasteiger partial charge in [0.05, 0.1) is 33.2 Å². The van der Waals surface area contributed by atoms with Gasteiger partial charge in [-0.05, 0) is 12.1 Å². The van der Waals surface area contributed by atoms with Gasteiger partial charge in [-0.15, -0.1) is 0 Å². The van der Waals surface area contributed by atoms with Crippen molar-refractivity contribution in [2.75, 3.05) is 45.2 Å². The standard InChI is InChI=1S/C14H20N2O2.HI/c1-16(9-11-18-12-10-16)8-7-14(17)15-13-5-3-2-4-6-13;/h2-6H,7-12H2,1H3;1H. The molecule has 1 aromatic rings. The number of anilines is 1. The van der Waals surface area contributed by atoms with Gasteiger partial charge >= 0.3 is 0 Å². The van der Waals surface area contributed by atoms with Crippen LogP contribution < -0.4 is 29.3 Å². The van der Waals surface area contributed by atoms with E-state index in [2.05, 4.69) is 12.4 Å². The monoisotopic (exact) mass is 376 g/mol. The lowest BCUT2D eigenvalue weighted by molar-refractivity contribution is -0.916. The van der Waals surface area contributed by atoms with E-state index >= 15 is 0 Å². The van der Waals surface area contributed by atoms with Gasteiger partial charge in [0.25, 0.3) is 0 Å². The Morgan fingerprint density at radius 3 is 2.53 bits per heavy atom. The maximum absolute atomic E-state index is 11.8. The van der Waals surface area contributed by atoms with E-state index in [-0.39, 0.29) is 29.9 Å². The Labute approximate surface area is 131 Å². The number of ether oxygens (including phenoxy) is 1. The number of morpholine rings is 1. The molecule has 4 nitrogen and oxygen atoms in total. The third-order valence-electron chi connectivity index (χ3n) is 3.49. The van der Waals surface area contributed by atoms with Crippen molar-refractivity contribution in [3.8, 4) is 0 Å². The fourth-order valence-electron chi connectivity index (χ4n) is 2.12. The first kappa shape index (κ1) is 16.4. The molecule has 1 heterocycles. The lowest BCUT2D eigenvalue weighted by Crippen LogP contribution is -3.00. The molecule has 1 saturated heterocycles. The summed E-state index contributed by atoms with van der Waals surface area (Å²) in [6, 6.07) is 9.60. The molecule has 0 saturated carbocycles. The summed E-state index contributed by atoms with van der Waals surface area (Å²) in [5, 5.41) is 2.92. The fourth-order valence-corrected chi connectivity index (χ4v) is 2.12. The summed E-state index contributed by atoms with van der Waals surface area (Å²) in [6.07, 6.45) is 0.561. The normalized spacial score (nSPS) is 17.3. The molecule has 1 fully saturated rings. The van der Waals surface area contributed by atoms with Crippen LogP contribution in [0.3, 0.4) is 0 Å². The summed E-state index contributed by atoms with van der Waals surface area (Å²) < 4.78 is 6.28. The zero-order chi connectivity index (χ0) is 12.8. The molecule has 1 aliphatic heterocycles. The number of benzene rings is 1. The number of hydrogen-bond acceptors (Lipinski definition) is 2. The van der Waals surface area contributed by atoms with Gasteiger partial charge in [0, 0.05) is 5.69 Å². The van der Waals surface area contributed by atoms with Crippen molar-refractivity contribution in [3.05, 3.63) is 30.3 Å². The number of carbonyl (C=O) groups is 1. The number of rotatable bonds is 4. The van der Waals surface area contributed by atoms with Crippen LogP contribution in [0, 0.1) is 0 Å². The van der Waals surface area contributed by atoms with E-state index in [1.807, 2.05) is 30.3 Å². The van der Waals surface area contributed by atoms with Gasteiger partial charge in [0.2, 0.25) is 5.91 Å². The van der Waals surface area contributed by atoms with Gasteiger partial charge in [-0.25, -0.2) is 0 Å². The quantitative estimate of drug-likeness (QED) is 0.513. The molecule has 0 atom stereocenters. The van der Waals surface area contributed by atoms with Gasteiger partial charge in [-0.1, -0.05) is 18.2 Å². The summed E-state index contributed by atoms with van der Waals surface area (Å²) >= 11 is 0. The second-order valence-electron chi connectivity index (χ2n) is 5.07. The van der Waals surface area contributed by atoms with Crippen molar-refractivity contribution in [1.29, 1.82) is 0 Å². The molecule has 19 heavy (non-hydrogen) atoms. The molecule has 1 amide bonds. The number of halogens is 1. The van der Waals surface area contributed by atoms with Crippen LogP contribution in [0.2, 0.25) is 0 Å². The number of carbonyl (C=O) groups excluding carboxylic acids is 1. The van der Waals surface area contributed by atoms with Crippen molar-refractivity contribution in [2.24, 2.45) is 0 Å². The second-order valence-corrected chi connectivity index (χ2v) is 5.07. The van der Waals surface area contributed by atoms with E-state index in [4.69, 9.17) is 4.74 Å². The maximum Gasteiger partial charge on any atom is 0.230 e. The molecule has 0 unspecified atom stereocenters. The van der Waals surface area contributed by atoms with Crippen LogP contribution in [0.1, 0.15) is 6.42 Å². The molecule has 1 aliphatic rings. The summed E-state index contributed by atoms with van der Waals surface area (Å²) in [6.45, 7) is 4.48. The molecule has 5 heteroatoms. The number of para-hydroxylation sites is 1. The van der Waals surface area contributed by atoms with Crippen LogP contribution in [-0.2, 0) is 9.53 Å². The van der Waals surface area contributed by atoms with Crippen molar-refractivity contribution in [3.63, 3.8) is 0 Å². The average Bonchev–Trinajstić information content (AvgIpc) is 2.39.